The molecule has 7 nitrogen and oxygen atoms in total. The third-order valence-electron chi connectivity index (χ3n) is 5.82. The largest absolute Gasteiger partial charge is 0.459 e. The van der Waals surface area contributed by atoms with Crippen LogP contribution in [0.1, 0.15) is 59.4 Å². The normalized spacial score (nSPS) is 18.3. The maximum absolute atomic E-state index is 12.5. The molecule has 2 fully saturated rings. The maximum Gasteiger partial charge on any atom is 0.289 e. The molecule has 2 amide bonds. The lowest BCUT2D eigenvalue weighted by atomic mass is 10.1. The van der Waals surface area contributed by atoms with Crippen LogP contribution in [0, 0.1) is 0 Å². The van der Waals surface area contributed by atoms with Crippen molar-refractivity contribution >= 4 is 17.6 Å². The van der Waals surface area contributed by atoms with Crippen molar-refractivity contribution in [2.45, 2.75) is 44.6 Å². The number of rotatable bonds is 4. The average molecular weight is 396 g/mol. The summed E-state index contributed by atoms with van der Waals surface area (Å²) < 4.78 is 5.20. The lowest BCUT2D eigenvalue weighted by Gasteiger charge is -2.35. The molecule has 3 heterocycles. The first kappa shape index (κ1) is 19.5. The fourth-order valence-electron chi connectivity index (χ4n) is 4.09. The van der Waals surface area contributed by atoms with Crippen LogP contribution in [-0.4, -0.2) is 53.9 Å². The molecule has 0 bridgehead atoms. The minimum Gasteiger partial charge on any atom is -0.459 e. The van der Waals surface area contributed by atoms with E-state index in [0.29, 0.717) is 37.5 Å². The molecule has 0 unspecified atom stereocenters. The van der Waals surface area contributed by atoms with Gasteiger partial charge in [0.15, 0.2) is 5.76 Å². The number of nitrogens with one attached hydrogen (secondary N) is 1. The van der Waals surface area contributed by atoms with Crippen LogP contribution in [0.3, 0.4) is 0 Å². The van der Waals surface area contributed by atoms with Gasteiger partial charge in [0, 0.05) is 38.4 Å². The Bertz CT molecular complexity index is 803. The van der Waals surface area contributed by atoms with Crippen molar-refractivity contribution in [1.29, 1.82) is 0 Å². The fourth-order valence-corrected chi connectivity index (χ4v) is 4.09. The van der Waals surface area contributed by atoms with E-state index in [0.717, 1.165) is 18.7 Å². The number of nitrogens with zero attached hydrogens (tertiary/aromatic N) is 3. The van der Waals surface area contributed by atoms with Crippen molar-refractivity contribution in [3.8, 4) is 0 Å². The lowest BCUT2D eigenvalue weighted by molar-refractivity contribution is 0.0714. The Morgan fingerprint density at radius 2 is 1.76 bits per heavy atom. The van der Waals surface area contributed by atoms with E-state index in [-0.39, 0.29) is 17.9 Å². The lowest BCUT2D eigenvalue weighted by Crippen LogP contribution is -2.49. The predicted molar refractivity (Wildman–Crippen MR) is 110 cm³/mol. The number of amides is 2. The Kier molecular flexibility index (Phi) is 6.12. The molecule has 0 radical (unpaired) electrons. The Morgan fingerprint density at radius 1 is 1.00 bits per heavy atom. The zero-order valence-corrected chi connectivity index (χ0v) is 16.7. The minimum atomic E-state index is -0.0758. The number of carbonyl (C=O) groups excluding carboxylic acids is 2. The van der Waals surface area contributed by atoms with Gasteiger partial charge in [-0.1, -0.05) is 25.7 Å². The summed E-state index contributed by atoms with van der Waals surface area (Å²) in [6.07, 6.45) is 10.2. The molecule has 2 aromatic heterocycles. The second kappa shape index (κ2) is 9.11. The van der Waals surface area contributed by atoms with E-state index in [4.69, 9.17) is 4.42 Å². The van der Waals surface area contributed by atoms with E-state index in [1.165, 1.54) is 31.9 Å². The molecule has 1 saturated carbocycles. The standard InChI is InChI=1S/C22H28N4O3/c27-21(24-18-6-3-1-2-4-7-18)17-9-10-20(23-16-17)25-11-13-26(14-12-25)22(28)19-8-5-15-29-19/h5,8-10,15-16,18H,1-4,6-7,11-14H2,(H,24,27). The van der Waals surface area contributed by atoms with Crippen LogP contribution in [0.2, 0.25) is 0 Å². The number of anilines is 1. The van der Waals surface area contributed by atoms with Crippen LogP contribution in [0.5, 0.6) is 0 Å². The fraction of sp³-hybridized carbons (Fsp3) is 0.500. The van der Waals surface area contributed by atoms with Crippen LogP contribution in [0.15, 0.2) is 41.1 Å². The Morgan fingerprint density at radius 3 is 2.38 bits per heavy atom. The number of hydrogen-bond donors (Lipinski definition) is 1. The van der Waals surface area contributed by atoms with Gasteiger partial charge in [-0.05, 0) is 37.1 Å². The van der Waals surface area contributed by atoms with Crippen molar-refractivity contribution in [2.75, 3.05) is 31.1 Å². The second-order valence-electron chi connectivity index (χ2n) is 7.82. The summed E-state index contributed by atoms with van der Waals surface area (Å²) in [6.45, 7) is 2.64. The van der Waals surface area contributed by atoms with Crippen molar-refractivity contribution in [2.24, 2.45) is 0 Å². The van der Waals surface area contributed by atoms with E-state index in [9.17, 15) is 9.59 Å². The van der Waals surface area contributed by atoms with E-state index in [1.54, 1.807) is 23.2 Å². The topological polar surface area (TPSA) is 78.7 Å². The van der Waals surface area contributed by atoms with E-state index < -0.39 is 0 Å². The molecule has 0 atom stereocenters. The van der Waals surface area contributed by atoms with Gasteiger partial charge in [0.25, 0.3) is 11.8 Å². The molecular weight excluding hydrogens is 368 g/mol. The van der Waals surface area contributed by atoms with E-state index in [2.05, 4.69) is 15.2 Å². The Labute approximate surface area is 171 Å². The number of furan rings is 1. The second-order valence-corrected chi connectivity index (χ2v) is 7.82. The third-order valence-corrected chi connectivity index (χ3v) is 5.82. The van der Waals surface area contributed by atoms with Gasteiger partial charge in [0.2, 0.25) is 0 Å². The Hall–Kier alpha value is -2.83. The summed E-state index contributed by atoms with van der Waals surface area (Å²) in [6, 6.07) is 7.43. The summed E-state index contributed by atoms with van der Waals surface area (Å²) in [5.41, 5.74) is 0.602. The summed E-state index contributed by atoms with van der Waals surface area (Å²) >= 11 is 0. The molecule has 1 aliphatic heterocycles. The summed E-state index contributed by atoms with van der Waals surface area (Å²) in [5, 5.41) is 3.16. The highest BCUT2D eigenvalue weighted by molar-refractivity contribution is 5.94. The van der Waals surface area contributed by atoms with Crippen molar-refractivity contribution < 1.29 is 14.0 Å². The summed E-state index contributed by atoms with van der Waals surface area (Å²) in [5.74, 6) is 1.10. The van der Waals surface area contributed by atoms with Crippen molar-refractivity contribution in [1.82, 2.24) is 15.2 Å². The van der Waals surface area contributed by atoms with Gasteiger partial charge in [0.1, 0.15) is 5.82 Å². The molecule has 2 aliphatic rings. The zero-order chi connectivity index (χ0) is 20.1. The monoisotopic (exact) mass is 396 g/mol. The summed E-state index contributed by atoms with van der Waals surface area (Å²) in [4.78, 5) is 33.3. The first-order valence-electron chi connectivity index (χ1n) is 10.6. The molecule has 1 saturated heterocycles. The van der Waals surface area contributed by atoms with Gasteiger partial charge in [-0.25, -0.2) is 4.98 Å². The van der Waals surface area contributed by atoms with Gasteiger partial charge in [-0.15, -0.1) is 0 Å². The van der Waals surface area contributed by atoms with Crippen LogP contribution >= 0.6 is 0 Å². The molecule has 154 valence electrons. The molecule has 0 spiro atoms. The molecule has 4 rings (SSSR count). The van der Waals surface area contributed by atoms with Crippen molar-refractivity contribution in [3.05, 3.63) is 48.0 Å². The molecule has 1 N–H and O–H groups in total. The molecule has 2 aromatic rings. The van der Waals surface area contributed by atoms with Gasteiger partial charge < -0.3 is 19.5 Å². The van der Waals surface area contributed by atoms with Crippen LogP contribution in [0.25, 0.3) is 0 Å². The number of aromatic nitrogens is 1. The highest BCUT2D eigenvalue weighted by Crippen LogP contribution is 2.19. The highest BCUT2D eigenvalue weighted by atomic mass is 16.3. The SMILES string of the molecule is O=C(NC1CCCCCC1)c1ccc(N2CCN(C(=O)c3ccco3)CC2)nc1. The van der Waals surface area contributed by atoms with E-state index >= 15 is 0 Å². The van der Waals surface area contributed by atoms with Crippen LogP contribution in [0.4, 0.5) is 5.82 Å². The van der Waals surface area contributed by atoms with Gasteiger partial charge in [0.05, 0.1) is 11.8 Å². The Balaban J connectivity index is 1.30. The zero-order valence-electron chi connectivity index (χ0n) is 16.7. The number of piperazine rings is 1. The summed E-state index contributed by atoms with van der Waals surface area (Å²) in [7, 11) is 0. The maximum atomic E-state index is 12.5. The number of carbonyl (C=O) groups is 2. The van der Waals surface area contributed by atoms with Gasteiger partial charge >= 0.3 is 0 Å². The number of pyridine rings is 1. The smallest absolute Gasteiger partial charge is 0.289 e. The number of hydrogen-bond acceptors (Lipinski definition) is 5. The van der Waals surface area contributed by atoms with Crippen molar-refractivity contribution in [3.63, 3.8) is 0 Å². The quantitative estimate of drug-likeness (QED) is 0.804. The molecule has 1 aliphatic carbocycles. The first-order chi connectivity index (χ1) is 14.2. The van der Waals surface area contributed by atoms with Crippen LogP contribution in [-0.2, 0) is 0 Å². The molecule has 0 aromatic carbocycles. The van der Waals surface area contributed by atoms with Gasteiger partial charge in [-0.2, -0.15) is 0 Å². The highest BCUT2D eigenvalue weighted by Gasteiger charge is 2.24. The van der Waals surface area contributed by atoms with Gasteiger partial charge in [-0.3, -0.25) is 9.59 Å². The molecule has 29 heavy (non-hydrogen) atoms. The first-order valence-corrected chi connectivity index (χ1v) is 10.6. The average Bonchev–Trinajstić information content (AvgIpc) is 3.19. The predicted octanol–water partition coefficient (Wildman–Crippen LogP) is 3.09. The van der Waals surface area contributed by atoms with Crippen LogP contribution < -0.4 is 10.2 Å². The van der Waals surface area contributed by atoms with E-state index in [1.807, 2.05) is 12.1 Å². The molecular formula is C22H28N4O3. The molecule has 7 heteroatoms. The minimum absolute atomic E-state index is 0.0372. The third kappa shape index (κ3) is 4.78.